The van der Waals surface area contributed by atoms with Gasteiger partial charge in [-0.3, -0.25) is 10.1 Å². The van der Waals surface area contributed by atoms with Gasteiger partial charge in [-0.05, 0) is 17.5 Å². The summed E-state index contributed by atoms with van der Waals surface area (Å²) in [5, 5.41) is 33.4. The molecular weight excluding hydrogens is 438 g/mol. The molecule has 0 bridgehead atoms. The molecule has 0 aliphatic carbocycles. The summed E-state index contributed by atoms with van der Waals surface area (Å²) in [4.78, 5) is 28.3. The molecule has 13 nitrogen and oxygen atoms in total. The van der Waals surface area contributed by atoms with E-state index in [1.807, 2.05) is 0 Å². The second kappa shape index (κ2) is 8.55. The Morgan fingerprint density at radius 3 is 2.74 bits per heavy atom. The maximum atomic E-state index is 12.8. The molecule has 164 valence electrons. The number of hydrogen-bond acceptors (Lipinski definition) is 9. The monoisotopic (exact) mass is 451 g/mol. The van der Waals surface area contributed by atoms with Crippen LogP contribution in [-0.2, 0) is 0 Å². The van der Waals surface area contributed by atoms with Crippen LogP contribution < -0.4 is 5.32 Å². The molecule has 0 saturated carbocycles. The number of benzene rings is 2. The Bertz CT molecular complexity index is 1570. The Labute approximate surface area is 190 Å². The molecule has 1 amide bonds. The lowest BCUT2D eigenvalue weighted by Crippen LogP contribution is -2.13. The van der Waals surface area contributed by atoms with Crippen molar-refractivity contribution in [3.05, 3.63) is 78.3 Å². The molecule has 13 heteroatoms. The van der Waals surface area contributed by atoms with Gasteiger partial charge in [0.05, 0.1) is 18.3 Å². The highest BCUT2D eigenvalue weighted by molar-refractivity contribution is 6.11. The van der Waals surface area contributed by atoms with Crippen molar-refractivity contribution >= 4 is 39.8 Å². The minimum Gasteiger partial charge on any atom is -0.505 e. The minimum absolute atomic E-state index is 0.0403. The second-order valence-electron chi connectivity index (χ2n) is 6.76. The zero-order chi connectivity index (χ0) is 23.5. The van der Waals surface area contributed by atoms with Crippen LogP contribution in [0.25, 0.3) is 21.6 Å². The highest BCUT2D eigenvalue weighted by Crippen LogP contribution is 2.40. The van der Waals surface area contributed by atoms with Gasteiger partial charge < -0.3 is 5.11 Å². The first-order valence-corrected chi connectivity index (χ1v) is 9.71. The normalized spacial score (nSPS) is 11.0. The van der Waals surface area contributed by atoms with Gasteiger partial charge in [0.2, 0.25) is 5.95 Å². The van der Waals surface area contributed by atoms with Crippen molar-refractivity contribution in [1.82, 2.24) is 34.9 Å². The van der Waals surface area contributed by atoms with Crippen molar-refractivity contribution in [2.75, 3.05) is 5.32 Å². The number of fused-ring (bicyclic) bond motifs is 1. The van der Waals surface area contributed by atoms with Gasteiger partial charge in [0.25, 0.3) is 17.5 Å². The van der Waals surface area contributed by atoms with Crippen LogP contribution in [0, 0.1) is 6.57 Å². The fraction of sp³-hybridized carbons (Fsp3) is 0. The number of hydrogen-bond donors (Lipinski definition) is 3. The molecule has 0 atom stereocenters. The number of rotatable bonds is 5. The van der Waals surface area contributed by atoms with Gasteiger partial charge in [-0.1, -0.05) is 24.3 Å². The summed E-state index contributed by atoms with van der Waals surface area (Å²) in [5.74, 6) is -0.636. The average molecular weight is 451 g/mol. The second-order valence-corrected chi connectivity index (χ2v) is 6.76. The molecule has 0 unspecified atom stereocenters. The quantitative estimate of drug-likeness (QED) is 0.270. The molecular formula is C21H13N11O2. The molecule has 2 aromatic carbocycles. The standard InChI is InChI=1S/C21H13N11O2/c1-22-15-10-27-32(21-23-7-4-8-24-21)18(15)30-29-16-13-6-3-2-5-12(13)9-14(17(16)33)19(34)28-20-25-11-26-31-20/h2-11,33H,(H2,25,26,28,31,34). The fourth-order valence-corrected chi connectivity index (χ4v) is 3.18. The van der Waals surface area contributed by atoms with Crippen molar-refractivity contribution in [3.8, 4) is 11.7 Å². The Morgan fingerprint density at radius 2 is 1.97 bits per heavy atom. The number of phenolic OH excluding ortho intramolecular Hbond substituents is 1. The smallest absolute Gasteiger partial charge is 0.261 e. The molecule has 0 aliphatic heterocycles. The molecule has 34 heavy (non-hydrogen) atoms. The Morgan fingerprint density at radius 1 is 1.15 bits per heavy atom. The third-order valence-electron chi connectivity index (χ3n) is 4.72. The number of azo groups is 1. The molecule has 5 aromatic rings. The van der Waals surface area contributed by atoms with Crippen LogP contribution >= 0.6 is 0 Å². The number of aromatic hydroxyl groups is 1. The highest BCUT2D eigenvalue weighted by Gasteiger charge is 2.20. The molecule has 0 aliphatic rings. The SMILES string of the molecule is [C-]#[N+]c1cnn(-c2ncccn2)c1N=Nc1c(O)c(C(=O)Nc2ncn[nH]2)cc2ccccc12. The molecule has 3 aromatic heterocycles. The Kier molecular flexibility index (Phi) is 5.13. The highest BCUT2D eigenvalue weighted by atomic mass is 16.3. The van der Waals surface area contributed by atoms with E-state index in [4.69, 9.17) is 6.57 Å². The number of H-pyrrole nitrogens is 1. The maximum Gasteiger partial charge on any atom is 0.261 e. The van der Waals surface area contributed by atoms with Crippen molar-refractivity contribution in [1.29, 1.82) is 0 Å². The Hall–Kier alpha value is -5.51. The summed E-state index contributed by atoms with van der Waals surface area (Å²) in [6.45, 7) is 7.41. The van der Waals surface area contributed by atoms with Gasteiger partial charge in [-0.25, -0.2) is 19.9 Å². The van der Waals surface area contributed by atoms with Gasteiger partial charge in [0, 0.05) is 17.8 Å². The summed E-state index contributed by atoms with van der Waals surface area (Å²) < 4.78 is 1.26. The van der Waals surface area contributed by atoms with Gasteiger partial charge in [-0.2, -0.15) is 19.9 Å². The van der Waals surface area contributed by atoms with E-state index in [0.717, 1.165) is 0 Å². The summed E-state index contributed by atoms with van der Waals surface area (Å²) in [6.07, 6.45) is 5.61. The van der Waals surface area contributed by atoms with E-state index in [9.17, 15) is 9.90 Å². The van der Waals surface area contributed by atoms with Crippen LogP contribution in [0.1, 0.15) is 10.4 Å². The van der Waals surface area contributed by atoms with Gasteiger partial charge in [0.1, 0.15) is 12.0 Å². The number of aromatic amines is 1. The van der Waals surface area contributed by atoms with E-state index in [0.29, 0.717) is 10.8 Å². The van der Waals surface area contributed by atoms with E-state index in [1.54, 1.807) is 30.3 Å². The van der Waals surface area contributed by atoms with Crippen LogP contribution in [0.2, 0.25) is 0 Å². The lowest BCUT2D eigenvalue weighted by molar-refractivity contribution is 0.102. The number of anilines is 1. The van der Waals surface area contributed by atoms with Crippen molar-refractivity contribution in [2.45, 2.75) is 0 Å². The van der Waals surface area contributed by atoms with Gasteiger partial charge in [0.15, 0.2) is 11.6 Å². The lowest BCUT2D eigenvalue weighted by atomic mass is 10.0. The number of phenols is 1. The van der Waals surface area contributed by atoms with E-state index in [-0.39, 0.29) is 34.7 Å². The molecule has 5 rings (SSSR count). The summed E-state index contributed by atoms with van der Waals surface area (Å²) in [7, 11) is 0. The van der Waals surface area contributed by atoms with Crippen LogP contribution in [0.5, 0.6) is 5.75 Å². The predicted molar refractivity (Wildman–Crippen MR) is 120 cm³/mol. The number of nitrogens with one attached hydrogen (secondary N) is 2. The minimum atomic E-state index is -0.624. The first-order valence-electron chi connectivity index (χ1n) is 9.71. The zero-order valence-corrected chi connectivity index (χ0v) is 17.2. The molecule has 3 N–H and O–H groups in total. The first kappa shape index (κ1) is 20.4. The molecule has 0 saturated heterocycles. The average Bonchev–Trinajstić information content (AvgIpc) is 3.53. The van der Waals surface area contributed by atoms with Crippen molar-refractivity contribution < 1.29 is 9.90 Å². The largest absolute Gasteiger partial charge is 0.505 e. The topological polar surface area (TPSA) is 164 Å². The lowest BCUT2D eigenvalue weighted by Gasteiger charge is -2.10. The number of aromatic nitrogens is 7. The van der Waals surface area contributed by atoms with E-state index < -0.39 is 11.7 Å². The van der Waals surface area contributed by atoms with Crippen LogP contribution in [0.3, 0.4) is 0 Å². The number of nitrogens with zero attached hydrogens (tertiary/aromatic N) is 9. The summed E-state index contributed by atoms with van der Waals surface area (Å²) in [5.41, 5.74) is 0.104. The third kappa shape index (κ3) is 3.67. The maximum absolute atomic E-state index is 12.8. The molecule has 0 fully saturated rings. The number of amides is 1. The number of carbonyl (C=O) groups excluding carboxylic acids is 1. The number of carbonyl (C=O) groups is 1. The predicted octanol–water partition coefficient (Wildman–Crippen LogP) is 3.86. The van der Waals surface area contributed by atoms with Crippen molar-refractivity contribution in [3.63, 3.8) is 0 Å². The molecule has 0 radical (unpaired) electrons. The molecule has 0 spiro atoms. The summed E-state index contributed by atoms with van der Waals surface area (Å²) in [6, 6.07) is 10.2. The molecule has 3 heterocycles. The van der Waals surface area contributed by atoms with Gasteiger partial charge >= 0.3 is 0 Å². The van der Waals surface area contributed by atoms with Crippen LogP contribution in [-0.4, -0.2) is 45.9 Å². The summed E-state index contributed by atoms with van der Waals surface area (Å²) >= 11 is 0. The van der Waals surface area contributed by atoms with Crippen LogP contribution in [0.4, 0.5) is 23.1 Å². The van der Waals surface area contributed by atoms with E-state index in [2.05, 4.69) is 50.6 Å². The van der Waals surface area contributed by atoms with Crippen molar-refractivity contribution in [2.24, 2.45) is 10.2 Å². The van der Waals surface area contributed by atoms with E-state index >= 15 is 0 Å². The van der Waals surface area contributed by atoms with E-state index in [1.165, 1.54) is 35.7 Å². The van der Waals surface area contributed by atoms with Gasteiger partial charge in [-0.15, -0.1) is 10.2 Å². The zero-order valence-electron chi connectivity index (χ0n) is 17.2. The first-order chi connectivity index (χ1) is 16.7. The fourth-order valence-electron chi connectivity index (χ4n) is 3.18. The van der Waals surface area contributed by atoms with Crippen LogP contribution in [0.15, 0.2) is 71.5 Å². The third-order valence-corrected chi connectivity index (χ3v) is 4.72. The Balaban J connectivity index is 1.62.